The van der Waals surface area contributed by atoms with Crippen LogP contribution in [0.4, 0.5) is 0 Å². The number of nitrogens with zero attached hydrogens (tertiary/aromatic N) is 3. The van der Waals surface area contributed by atoms with Gasteiger partial charge in [0.15, 0.2) is 10.8 Å². The van der Waals surface area contributed by atoms with E-state index >= 15 is 0 Å². The van der Waals surface area contributed by atoms with Crippen molar-refractivity contribution in [3.8, 4) is 10.8 Å². The third-order valence-corrected chi connectivity index (χ3v) is 5.05. The Hall–Kier alpha value is -2.41. The van der Waals surface area contributed by atoms with Gasteiger partial charge in [0.1, 0.15) is 11.6 Å². The summed E-state index contributed by atoms with van der Waals surface area (Å²) in [7, 11) is 0. The number of aryl methyl sites for hydroxylation is 2. The van der Waals surface area contributed by atoms with Crippen molar-refractivity contribution in [2.75, 3.05) is 0 Å². The summed E-state index contributed by atoms with van der Waals surface area (Å²) in [5.74, 6) is 2.72. The lowest BCUT2D eigenvalue weighted by molar-refractivity contribution is -0.121. The topological polar surface area (TPSA) is 73.0 Å². The molecule has 0 aliphatic carbocycles. The number of rotatable bonds is 4. The van der Waals surface area contributed by atoms with Gasteiger partial charge in [0, 0.05) is 36.8 Å². The van der Waals surface area contributed by atoms with E-state index in [1.807, 2.05) is 36.8 Å². The molecule has 0 unspecified atom stereocenters. The van der Waals surface area contributed by atoms with Gasteiger partial charge in [0.25, 0.3) is 0 Å². The van der Waals surface area contributed by atoms with Gasteiger partial charge in [0.2, 0.25) is 5.91 Å². The van der Waals surface area contributed by atoms with E-state index in [1.165, 1.54) is 11.3 Å². The first-order valence-electron chi connectivity index (χ1n) is 7.98. The fourth-order valence-electron chi connectivity index (χ4n) is 2.98. The van der Waals surface area contributed by atoms with Crippen molar-refractivity contribution in [3.63, 3.8) is 0 Å². The van der Waals surface area contributed by atoms with Gasteiger partial charge in [-0.05, 0) is 25.5 Å². The molecule has 1 amide bonds. The van der Waals surface area contributed by atoms with E-state index in [0.717, 1.165) is 47.4 Å². The Labute approximate surface area is 143 Å². The summed E-state index contributed by atoms with van der Waals surface area (Å²) in [6.45, 7) is 2.69. The average Bonchev–Trinajstić information content (AvgIpc) is 3.27. The average molecular weight is 342 g/mol. The summed E-state index contributed by atoms with van der Waals surface area (Å²) in [6.07, 6.45) is 5.90. The number of imidazole rings is 1. The Morgan fingerprint density at radius 1 is 1.50 bits per heavy atom. The number of hydrogen-bond donors (Lipinski definition) is 1. The van der Waals surface area contributed by atoms with Crippen molar-refractivity contribution >= 4 is 17.2 Å². The number of amides is 1. The summed E-state index contributed by atoms with van der Waals surface area (Å²) in [6, 6.07) is 3.98. The molecule has 124 valence electrons. The van der Waals surface area contributed by atoms with Crippen LogP contribution in [-0.4, -0.2) is 26.5 Å². The minimum atomic E-state index is 0.0102. The number of carbonyl (C=O) groups excluding carboxylic acids is 1. The molecular weight excluding hydrogens is 324 g/mol. The summed E-state index contributed by atoms with van der Waals surface area (Å²) >= 11 is 1.50. The van der Waals surface area contributed by atoms with Gasteiger partial charge < -0.3 is 14.3 Å². The van der Waals surface area contributed by atoms with Gasteiger partial charge in [-0.3, -0.25) is 4.79 Å². The van der Waals surface area contributed by atoms with E-state index < -0.39 is 0 Å². The minimum absolute atomic E-state index is 0.0102. The zero-order valence-corrected chi connectivity index (χ0v) is 14.2. The highest BCUT2D eigenvalue weighted by molar-refractivity contribution is 7.13. The third kappa shape index (κ3) is 3.12. The van der Waals surface area contributed by atoms with Gasteiger partial charge >= 0.3 is 0 Å². The first-order valence-corrected chi connectivity index (χ1v) is 8.86. The van der Waals surface area contributed by atoms with Crippen LogP contribution in [0, 0.1) is 6.92 Å². The molecule has 0 bridgehead atoms. The molecule has 4 rings (SSSR count). The SMILES string of the molecule is Cc1ccc(-c2nc(CC(=O)N[C@H]3CCc4nccn4C3)cs2)o1. The van der Waals surface area contributed by atoms with E-state index in [4.69, 9.17) is 4.42 Å². The molecule has 0 fully saturated rings. The first kappa shape index (κ1) is 15.1. The van der Waals surface area contributed by atoms with Crippen LogP contribution in [0.3, 0.4) is 0 Å². The maximum Gasteiger partial charge on any atom is 0.226 e. The number of nitrogens with one attached hydrogen (secondary N) is 1. The number of aromatic nitrogens is 3. The Morgan fingerprint density at radius 2 is 2.42 bits per heavy atom. The molecule has 1 aliphatic heterocycles. The van der Waals surface area contributed by atoms with Crippen LogP contribution in [0.15, 0.2) is 34.3 Å². The number of hydrogen-bond acceptors (Lipinski definition) is 5. The third-order valence-electron chi connectivity index (χ3n) is 4.14. The molecule has 4 heterocycles. The highest BCUT2D eigenvalue weighted by Crippen LogP contribution is 2.25. The maximum atomic E-state index is 12.3. The van der Waals surface area contributed by atoms with E-state index in [0.29, 0.717) is 6.42 Å². The second-order valence-corrected chi connectivity index (χ2v) is 6.89. The molecule has 3 aromatic heterocycles. The van der Waals surface area contributed by atoms with Crippen molar-refractivity contribution in [2.45, 2.75) is 38.8 Å². The number of fused-ring (bicyclic) bond motifs is 1. The van der Waals surface area contributed by atoms with E-state index in [2.05, 4.69) is 19.9 Å². The molecule has 1 aliphatic rings. The van der Waals surface area contributed by atoms with E-state index in [1.54, 1.807) is 0 Å². The first-order chi connectivity index (χ1) is 11.7. The summed E-state index contributed by atoms with van der Waals surface area (Å²) in [5, 5.41) is 5.83. The Balaban J connectivity index is 1.36. The fraction of sp³-hybridized carbons (Fsp3) is 0.353. The van der Waals surface area contributed by atoms with Crippen molar-refractivity contribution in [3.05, 3.63) is 47.2 Å². The molecule has 0 radical (unpaired) electrons. The summed E-state index contributed by atoms with van der Waals surface area (Å²) < 4.78 is 7.68. The fourth-order valence-corrected chi connectivity index (χ4v) is 3.76. The lowest BCUT2D eigenvalue weighted by atomic mass is 10.1. The number of furan rings is 1. The van der Waals surface area contributed by atoms with Crippen LogP contribution in [0.5, 0.6) is 0 Å². The summed E-state index contributed by atoms with van der Waals surface area (Å²) in [4.78, 5) is 21.1. The van der Waals surface area contributed by atoms with Gasteiger partial charge in [-0.1, -0.05) is 0 Å². The van der Waals surface area contributed by atoms with Crippen LogP contribution < -0.4 is 5.32 Å². The van der Waals surface area contributed by atoms with Gasteiger partial charge in [0.05, 0.1) is 12.1 Å². The van der Waals surface area contributed by atoms with E-state index in [-0.39, 0.29) is 11.9 Å². The quantitative estimate of drug-likeness (QED) is 0.791. The second-order valence-electron chi connectivity index (χ2n) is 6.03. The Kier molecular flexibility index (Phi) is 3.93. The molecule has 0 spiro atoms. The molecule has 3 aromatic rings. The van der Waals surface area contributed by atoms with Crippen molar-refractivity contribution in [1.29, 1.82) is 0 Å². The predicted molar refractivity (Wildman–Crippen MR) is 90.7 cm³/mol. The molecule has 24 heavy (non-hydrogen) atoms. The zero-order chi connectivity index (χ0) is 16.5. The normalized spacial score (nSPS) is 16.8. The summed E-state index contributed by atoms with van der Waals surface area (Å²) in [5.41, 5.74) is 0.778. The minimum Gasteiger partial charge on any atom is -0.459 e. The van der Waals surface area contributed by atoms with Crippen LogP contribution in [0.25, 0.3) is 10.8 Å². The maximum absolute atomic E-state index is 12.3. The molecule has 1 atom stereocenters. The van der Waals surface area contributed by atoms with Crippen molar-refractivity contribution < 1.29 is 9.21 Å². The van der Waals surface area contributed by atoms with Gasteiger partial charge in [-0.25, -0.2) is 9.97 Å². The Morgan fingerprint density at radius 3 is 3.25 bits per heavy atom. The van der Waals surface area contributed by atoms with Crippen molar-refractivity contribution in [2.24, 2.45) is 0 Å². The molecule has 6 nitrogen and oxygen atoms in total. The van der Waals surface area contributed by atoms with Crippen LogP contribution in [0.2, 0.25) is 0 Å². The van der Waals surface area contributed by atoms with Gasteiger partial charge in [-0.15, -0.1) is 11.3 Å². The zero-order valence-electron chi connectivity index (χ0n) is 13.4. The number of thiazole rings is 1. The van der Waals surface area contributed by atoms with Crippen LogP contribution >= 0.6 is 11.3 Å². The smallest absolute Gasteiger partial charge is 0.226 e. The molecule has 0 saturated heterocycles. The van der Waals surface area contributed by atoms with Crippen LogP contribution in [-0.2, 0) is 24.2 Å². The number of carbonyl (C=O) groups is 1. The molecule has 0 saturated carbocycles. The predicted octanol–water partition coefficient (Wildman–Crippen LogP) is 2.58. The molecular formula is C17H18N4O2S. The van der Waals surface area contributed by atoms with Crippen molar-refractivity contribution in [1.82, 2.24) is 19.9 Å². The molecule has 1 N–H and O–H groups in total. The molecule has 7 heteroatoms. The molecule has 0 aromatic carbocycles. The monoisotopic (exact) mass is 342 g/mol. The lowest BCUT2D eigenvalue weighted by Gasteiger charge is -2.24. The Bertz CT molecular complexity index is 863. The second kappa shape index (κ2) is 6.24. The van der Waals surface area contributed by atoms with E-state index in [9.17, 15) is 4.79 Å². The lowest BCUT2D eigenvalue weighted by Crippen LogP contribution is -2.41. The van der Waals surface area contributed by atoms with Gasteiger partial charge in [-0.2, -0.15) is 0 Å². The van der Waals surface area contributed by atoms with Crippen LogP contribution in [0.1, 0.15) is 23.7 Å². The highest BCUT2D eigenvalue weighted by atomic mass is 32.1. The standard InChI is InChI=1S/C17H18N4O2S/c1-11-2-4-14(23-11)17-20-13(10-24-17)8-16(22)19-12-3-5-15-18-6-7-21(15)9-12/h2,4,6-7,10,12H,3,5,8-9H2,1H3,(H,19,22)/t12-/m0/s1. The highest BCUT2D eigenvalue weighted by Gasteiger charge is 2.21. The largest absolute Gasteiger partial charge is 0.459 e.